The van der Waals surface area contributed by atoms with Crippen LogP contribution in [0.4, 0.5) is 5.69 Å². The molecule has 0 spiro atoms. The molecule has 150 valence electrons. The molecule has 0 atom stereocenters. The maximum absolute atomic E-state index is 12.7. The molecule has 29 heavy (non-hydrogen) atoms. The van der Waals surface area contributed by atoms with E-state index in [1.807, 2.05) is 6.92 Å². The van der Waals surface area contributed by atoms with Gasteiger partial charge in [0.2, 0.25) is 5.69 Å². The molecular weight excluding hydrogens is 376 g/mol. The summed E-state index contributed by atoms with van der Waals surface area (Å²) in [6.45, 7) is 1.91. The lowest BCUT2D eigenvalue weighted by Gasteiger charge is -2.12. The Kier molecular flexibility index (Phi) is 5.49. The molecule has 1 heterocycles. The number of hydrogen-bond donors (Lipinski definition) is 1. The van der Waals surface area contributed by atoms with Crippen molar-refractivity contribution in [3.05, 3.63) is 74.6 Å². The van der Waals surface area contributed by atoms with Crippen LogP contribution >= 0.6 is 0 Å². The molecule has 0 aliphatic rings. The van der Waals surface area contributed by atoms with E-state index in [1.165, 1.54) is 21.3 Å². The molecule has 0 saturated heterocycles. The lowest BCUT2D eigenvalue weighted by Crippen LogP contribution is -2.43. The van der Waals surface area contributed by atoms with Gasteiger partial charge in [-0.25, -0.2) is 4.79 Å². The van der Waals surface area contributed by atoms with E-state index in [0.29, 0.717) is 22.9 Å². The Hall–Kier alpha value is -3.88. The highest BCUT2D eigenvalue weighted by Crippen LogP contribution is 2.29. The van der Waals surface area contributed by atoms with Gasteiger partial charge in [-0.15, -0.1) is 0 Å². The van der Waals surface area contributed by atoms with Crippen molar-refractivity contribution < 1.29 is 14.3 Å². The third-order valence-electron chi connectivity index (χ3n) is 4.31. The Morgan fingerprint density at radius 3 is 2.28 bits per heavy atom. The van der Waals surface area contributed by atoms with E-state index in [2.05, 4.69) is 10.4 Å². The summed E-state index contributed by atoms with van der Waals surface area (Å²) >= 11 is 0. The first kappa shape index (κ1) is 19.9. The van der Waals surface area contributed by atoms with Crippen LogP contribution in [-0.4, -0.2) is 34.5 Å². The molecule has 9 heteroatoms. The summed E-state index contributed by atoms with van der Waals surface area (Å²) in [5.74, 6) is 0.155. The maximum Gasteiger partial charge on any atom is 0.351 e. The quantitative estimate of drug-likeness (QED) is 0.701. The SMILES string of the molecule is COc1ccc(NC(=O)c2nn(-c3ccc(C)cc3)c(=O)n(C)c2=O)cc1OC. The van der Waals surface area contributed by atoms with Crippen LogP contribution in [0.1, 0.15) is 16.1 Å². The van der Waals surface area contributed by atoms with Crippen LogP contribution in [0.3, 0.4) is 0 Å². The minimum atomic E-state index is -0.795. The van der Waals surface area contributed by atoms with Crippen LogP contribution in [0.15, 0.2) is 52.1 Å². The number of benzene rings is 2. The number of anilines is 1. The summed E-state index contributed by atoms with van der Waals surface area (Å²) in [6.07, 6.45) is 0. The molecule has 1 amide bonds. The van der Waals surface area contributed by atoms with Crippen LogP contribution in [0.2, 0.25) is 0 Å². The molecule has 3 aromatic rings. The number of nitrogens with one attached hydrogen (secondary N) is 1. The monoisotopic (exact) mass is 396 g/mol. The molecule has 1 N–H and O–H groups in total. The highest BCUT2D eigenvalue weighted by atomic mass is 16.5. The second-order valence-corrected chi connectivity index (χ2v) is 6.27. The van der Waals surface area contributed by atoms with Crippen molar-refractivity contribution in [3.63, 3.8) is 0 Å². The van der Waals surface area contributed by atoms with Crippen molar-refractivity contribution in [1.29, 1.82) is 0 Å². The molecule has 9 nitrogen and oxygen atoms in total. The summed E-state index contributed by atoms with van der Waals surface area (Å²) in [6, 6.07) is 11.7. The number of amides is 1. The number of nitrogens with zero attached hydrogens (tertiary/aromatic N) is 3. The fraction of sp³-hybridized carbons (Fsp3) is 0.200. The average Bonchev–Trinajstić information content (AvgIpc) is 2.73. The Bertz CT molecular complexity index is 1180. The molecule has 0 unspecified atom stereocenters. The molecular formula is C20H20N4O5. The van der Waals surface area contributed by atoms with Crippen molar-refractivity contribution in [1.82, 2.24) is 14.3 Å². The number of aromatic nitrogens is 3. The van der Waals surface area contributed by atoms with Crippen molar-refractivity contribution in [3.8, 4) is 17.2 Å². The normalized spacial score (nSPS) is 10.5. The van der Waals surface area contributed by atoms with Crippen LogP contribution < -0.4 is 26.0 Å². The fourth-order valence-corrected chi connectivity index (χ4v) is 2.67. The molecule has 0 saturated carbocycles. The Morgan fingerprint density at radius 2 is 1.66 bits per heavy atom. The molecule has 0 radical (unpaired) electrons. The molecule has 0 fully saturated rings. The van der Waals surface area contributed by atoms with Gasteiger partial charge in [0.05, 0.1) is 19.9 Å². The van der Waals surface area contributed by atoms with E-state index < -0.39 is 22.9 Å². The van der Waals surface area contributed by atoms with Crippen molar-refractivity contribution in [2.45, 2.75) is 6.92 Å². The zero-order chi connectivity index (χ0) is 21.1. The van der Waals surface area contributed by atoms with E-state index in [9.17, 15) is 14.4 Å². The zero-order valence-electron chi connectivity index (χ0n) is 16.4. The van der Waals surface area contributed by atoms with Gasteiger partial charge in [0.1, 0.15) is 0 Å². The first-order valence-corrected chi connectivity index (χ1v) is 8.66. The minimum absolute atomic E-state index is 0.379. The molecule has 0 aliphatic carbocycles. The van der Waals surface area contributed by atoms with Gasteiger partial charge in [0.25, 0.3) is 11.5 Å². The van der Waals surface area contributed by atoms with Crippen molar-refractivity contribution >= 4 is 11.6 Å². The van der Waals surface area contributed by atoms with E-state index in [0.717, 1.165) is 14.8 Å². The number of carbonyl (C=O) groups is 1. The van der Waals surface area contributed by atoms with Crippen LogP contribution in [0, 0.1) is 6.92 Å². The van der Waals surface area contributed by atoms with Crippen LogP contribution in [-0.2, 0) is 7.05 Å². The molecule has 3 rings (SSSR count). The van der Waals surface area contributed by atoms with Gasteiger partial charge in [-0.2, -0.15) is 9.78 Å². The summed E-state index contributed by atoms with van der Waals surface area (Å²) < 4.78 is 12.2. The highest BCUT2D eigenvalue weighted by Gasteiger charge is 2.19. The first-order chi connectivity index (χ1) is 13.8. The molecule has 0 aliphatic heterocycles. The van der Waals surface area contributed by atoms with Gasteiger partial charge in [0, 0.05) is 18.8 Å². The maximum atomic E-state index is 12.7. The third kappa shape index (κ3) is 3.88. The van der Waals surface area contributed by atoms with E-state index in [-0.39, 0.29) is 0 Å². The first-order valence-electron chi connectivity index (χ1n) is 8.66. The van der Waals surface area contributed by atoms with Gasteiger partial charge in [-0.3, -0.25) is 14.2 Å². The topological polar surface area (TPSA) is 104 Å². The number of methoxy groups -OCH3 is 2. The van der Waals surface area contributed by atoms with E-state index in [4.69, 9.17) is 9.47 Å². The predicted octanol–water partition coefficient (Wildman–Crippen LogP) is 1.51. The Labute approximate surface area is 166 Å². The largest absolute Gasteiger partial charge is 0.493 e. The van der Waals surface area contributed by atoms with Gasteiger partial charge < -0.3 is 14.8 Å². The third-order valence-corrected chi connectivity index (χ3v) is 4.31. The number of carbonyl (C=O) groups excluding carboxylic acids is 1. The lowest BCUT2D eigenvalue weighted by atomic mass is 10.2. The molecule has 1 aromatic heterocycles. The number of ether oxygens (including phenoxy) is 2. The standard InChI is InChI=1S/C20H20N4O5/c1-12-5-8-14(9-6-12)24-20(27)23(2)19(26)17(22-24)18(25)21-13-7-10-15(28-3)16(11-13)29-4/h5-11H,1-4H3,(H,21,25). The average molecular weight is 396 g/mol. The van der Waals surface area contributed by atoms with Gasteiger partial charge >= 0.3 is 5.69 Å². The predicted molar refractivity (Wildman–Crippen MR) is 107 cm³/mol. The number of rotatable bonds is 5. The second-order valence-electron chi connectivity index (χ2n) is 6.27. The summed E-state index contributed by atoms with van der Waals surface area (Å²) in [5, 5.41) is 6.60. The summed E-state index contributed by atoms with van der Waals surface area (Å²) in [5.41, 5.74) is -0.0423. The smallest absolute Gasteiger partial charge is 0.351 e. The lowest BCUT2D eigenvalue weighted by molar-refractivity contribution is 0.101. The number of hydrogen-bond acceptors (Lipinski definition) is 6. The van der Waals surface area contributed by atoms with Crippen molar-refractivity contribution in [2.75, 3.05) is 19.5 Å². The van der Waals surface area contributed by atoms with Crippen LogP contribution in [0.5, 0.6) is 11.5 Å². The van der Waals surface area contributed by atoms with E-state index in [1.54, 1.807) is 42.5 Å². The zero-order valence-corrected chi connectivity index (χ0v) is 16.4. The fourth-order valence-electron chi connectivity index (χ4n) is 2.67. The van der Waals surface area contributed by atoms with Crippen molar-refractivity contribution in [2.24, 2.45) is 7.05 Å². The highest BCUT2D eigenvalue weighted by molar-refractivity contribution is 6.02. The van der Waals surface area contributed by atoms with Gasteiger partial charge in [-0.1, -0.05) is 17.7 Å². The second kappa shape index (κ2) is 8.01. The summed E-state index contributed by atoms with van der Waals surface area (Å²) in [4.78, 5) is 37.6. The summed E-state index contributed by atoms with van der Waals surface area (Å²) in [7, 11) is 4.26. The Balaban J connectivity index is 2.02. The van der Waals surface area contributed by atoms with E-state index >= 15 is 0 Å². The molecule has 2 aromatic carbocycles. The minimum Gasteiger partial charge on any atom is -0.493 e. The molecule has 0 bridgehead atoms. The van der Waals surface area contributed by atoms with Gasteiger partial charge in [-0.05, 0) is 31.2 Å². The number of aryl methyl sites for hydroxylation is 1. The Morgan fingerprint density at radius 1 is 1.00 bits per heavy atom. The van der Waals surface area contributed by atoms with Gasteiger partial charge in [0.15, 0.2) is 11.5 Å². The van der Waals surface area contributed by atoms with Crippen LogP contribution in [0.25, 0.3) is 5.69 Å².